The SMILES string of the molecule is COc1ccc(Cl)cc1C(=O)NCC1CCN(C(=O)c2cccnc2)CC1. The predicted molar refractivity (Wildman–Crippen MR) is 103 cm³/mol. The van der Waals surface area contributed by atoms with Crippen LogP contribution in [0.15, 0.2) is 42.7 Å². The molecule has 0 saturated carbocycles. The Morgan fingerprint density at radius 3 is 2.74 bits per heavy atom. The van der Waals surface area contributed by atoms with E-state index in [1.807, 2.05) is 4.90 Å². The molecule has 2 aromatic rings. The Balaban J connectivity index is 1.51. The number of carbonyl (C=O) groups excluding carboxylic acids is 2. The summed E-state index contributed by atoms with van der Waals surface area (Å²) in [6.07, 6.45) is 4.94. The monoisotopic (exact) mass is 387 g/mol. The summed E-state index contributed by atoms with van der Waals surface area (Å²) in [5.74, 6) is 0.628. The fraction of sp³-hybridized carbons (Fsp3) is 0.350. The minimum Gasteiger partial charge on any atom is -0.496 e. The zero-order chi connectivity index (χ0) is 19.2. The van der Waals surface area contributed by atoms with Crippen LogP contribution in [0, 0.1) is 5.92 Å². The van der Waals surface area contributed by atoms with Crippen LogP contribution < -0.4 is 10.1 Å². The van der Waals surface area contributed by atoms with Crippen molar-refractivity contribution in [3.8, 4) is 5.75 Å². The highest BCUT2D eigenvalue weighted by atomic mass is 35.5. The van der Waals surface area contributed by atoms with E-state index in [0.29, 0.717) is 47.5 Å². The van der Waals surface area contributed by atoms with E-state index in [1.54, 1.807) is 42.7 Å². The minimum atomic E-state index is -0.205. The van der Waals surface area contributed by atoms with Crippen LogP contribution in [0.3, 0.4) is 0 Å². The molecule has 0 unspecified atom stereocenters. The summed E-state index contributed by atoms with van der Waals surface area (Å²) in [6.45, 7) is 1.91. The van der Waals surface area contributed by atoms with Gasteiger partial charge in [0.1, 0.15) is 5.75 Å². The van der Waals surface area contributed by atoms with Crippen molar-refractivity contribution in [3.63, 3.8) is 0 Å². The van der Waals surface area contributed by atoms with Gasteiger partial charge in [0.15, 0.2) is 0 Å². The molecule has 6 nitrogen and oxygen atoms in total. The van der Waals surface area contributed by atoms with Crippen LogP contribution >= 0.6 is 11.6 Å². The lowest BCUT2D eigenvalue weighted by Gasteiger charge is -2.32. The van der Waals surface area contributed by atoms with E-state index in [4.69, 9.17) is 16.3 Å². The summed E-state index contributed by atoms with van der Waals surface area (Å²) in [4.78, 5) is 30.7. The molecule has 142 valence electrons. The van der Waals surface area contributed by atoms with Gasteiger partial charge in [-0.15, -0.1) is 0 Å². The number of hydrogen-bond acceptors (Lipinski definition) is 4. The molecule has 7 heteroatoms. The maximum atomic E-state index is 12.5. The van der Waals surface area contributed by atoms with Crippen LogP contribution in [0.1, 0.15) is 33.6 Å². The molecule has 1 aromatic carbocycles. The second-order valence-corrected chi connectivity index (χ2v) is 6.97. The molecule has 1 fully saturated rings. The molecule has 2 amide bonds. The summed E-state index contributed by atoms with van der Waals surface area (Å²) >= 11 is 5.99. The number of piperidine rings is 1. The third-order valence-electron chi connectivity index (χ3n) is 4.77. The van der Waals surface area contributed by atoms with Crippen molar-refractivity contribution in [3.05, 3.63) is 58.9 Å². The second kappa shape index (κ2) is 8.86. The third-order valence-corrected chi connectivity index (χ3v) is 5.00. The van der Waals surface area contributed by atoms with Crippen molar-refractivity contribution in [2.24, 2.45) is 5.92 Å². The topological polar surface area (TPSA) is 71.5 Å². The molecule has 0 bridgehead atoms. The van der Waals surface area contributed by atoms with Gasteiger partial charge in [-0.1, -0.05) is 11.6 Å². The Morgan fingerprint density at radius 1 is 1.30 bits per heavy atom. The van der Waals surface area contributed by atoms with Gasteiger partial charge >= 0.3 is 0 Å². The van der Waals surface area contributed by atoms with Crippen LogP contribution in [0.2, 0.25) is 5.02 Å². The van der Waals surface area contributed by atoms with E-state index in [9.17, 15) is 9.59 Å². The Labute approximate surface area is 163 Å². The molecule has 0 spiro atoms. The number of nitrogens with zero attached hydrogens (tertiary/aromatic N) is 2. The first-order valence-electron chi connectivity index (χ1n) is 8.89. The number of rotatable bonds is 5. The van der Waals surface area contributed by atoms with Gasteiger partial charge in [-0.3, -0.25) is 14.6 Å². The summed E-state index contributed by atoms with van der Waals surface area (Å²) in [7, 11) is 1.52. The quantitative estimate of drug-likeness (QED) is 0.856. The number of halogens is 1. The maximum Gasteiger partial charge on any atom is 0.255 e. The Kier molecular flexibility index (Phi) is 6.29. The van der Waals surface area contributed by atoms with Gasteiger partial charge in [-0.25, -0.2) is 0 Å². The van der Waals surface area contributed by atoms with Crippen molar-refractivity contribution in [1.29, 1.82) is 0 Å². The van der Waals surface area contributed by atoms with Crippen LogP contribution in [0.5, 0.6) is 5.75 Å². The zero-order valence-electron chi connectivity index (χ0n) is 15.2. The number of likely N-dealkylation sites (tertiary alicyclic amines) is 1. The zero-order valence-corrected chi connectivity index (χ0v) is 15.9. The van der Waals surface area contributed by atoms with Crippen LogP contribution in [-0.4, -0.2) is 48.4 Å². The molecule has 1 aliphatic rings. The number of carbonyl (C=O) groups is 2. The molecule has 1 aliphatic heterocycles. The number of ether oxygens (including phenoxy) is 1. The molecule has 0 atom stereocenters. The van der Waals surface area contributed by atoms with E-state index in [1.165, 1.54) is 7.11 Å². The van der Waals surface area contributed by atoms with E-state index in [2.05, 4.69) is 10.3 Å². The number of amides is 2. The van der Waals surface area contributed by atoms with Gasteiger partial charge in [-0.2, -0.15) is 0 Å². The van der Waals surface area contributed by atoms with E-state index in [-0.39, 0.29) is 11.8 Å². The molecule has 1 N–H and O–H groups in total. The normalized spacial score (nSPS) is 14.7. The Morgan fingerprint density at radius 2 is 2.07 bits per heavy atom. The highest BCUT2D eigenvalue weighted by Gasteiger charge is 2.24. The van der Waals surface area contributed by atoms with Gasteiger partial charge in [0.2, 0.25) is 0 Å². The summed E-state index contributed by atoms with van der Waals surface area (Å²) in [5.41, 5.74) is 1.03. The maximum absolute atomic E-state index is 12.5. The first kappa shape index (κ1) is 19.2. The summed E-state index contributed by atoms with van der Waals surface area (Å²) in [6, 6.07) is 8.51. The van der Waals surface area contributed by atoms with E-state index >= 15 is 0 Å². The average Bonchev–Trinajstić information content (AvgIpc) is 2.72. The van der Waals surface area contributed by atoms with E-state index in [0.717, 1.165) is 12.8 Å². The molecular weight excluding hydrogens is 366 g/mol. The van der Waals surface area contributed by atoms with Crippen LogP contribution in [0.25, 0.3) is 0 Å². The largest absolute Gasteiger partial charge is 0.496 e. The molecule has 27 heavy (non-hydrogen) atoms. The number of aromatic nitrogens is 1. The van der Waals surface area contributed by atoms with Gasteiger partial charge < -0.3 is 15.0 Å². The van der Waals surface area contributed by atoms with Crippen molar-refractivity contribution in [2.45, 2.75) is 12.8 Å². The number of methoxy groups -OCH3 is 1. The van der Waals surface area contributed by atoms with E-state index < -0.39 is 0 Å². The number of pyridine rings is 1. The first-order chi connectivity index (χ1) is 13.1. The predicted octanol–water partition coefficient (Wildman–Crippen LogP) is 3.03. The number of nitrogens with one attached hydrogen (secondary N) is 1. The lowest BCUT2D eigenvalue weighted by Crippen LogP contribution is -2.41. The van der Waals surface area contributed by atoms with Crippen molar-refractivity contribution >= 4 is 23.4 Å². The molecule has 0 radical (unpaired) electrons. The van der Waals surface area contributed by atoms with Crippen molar-refractivity contribution < 1.29 is 14.3 Å². The highest BCUT2D eigenvalue weighted by Crippen LogP contribution is 2.23. The molecular formula is C20H22ClN3O3. The van der Waals surface area contributed by atoms with Crippen molar-refractivity contribution in [1.82, 2.24) is 15.2 Å². The third kappa shape index (κ3) is 4.77. The number of benzene rings is 1. The highest BCUT2D eigenvalue weighted by molar-refractivity contribution is 6.31. The lowest BCUT2D eigenvalue weighted by molar-refractivity contribution is 0.0683. The Hall–Kier alpha value is -2.60. The van der Waals surface area contributed by atoms with Crippen LogP contribution in [-0.2, 0) is 0 Å². The van der Waals surface area contributed by atoms with Crippen LogP contribution in [0.4, 0.5) is 0 Å². The van der Waals surface area contributed by atoms with Gasteiger partial charge in [0, 0.05) is 37.1 Å². The van der Waals surface area contributed by atoms with Crippen molar-refractivity contribution in [2.75, 3.05) is 26.7 Å². The van der Waals surface area contributed by atoms with Gasteiger partial charge in [0.05, 0.1) is 18.2 Å². The first-order valence-corrected chi connectivity index (χ1v) is 9.27. The van der Waals surface area contributed by atoms with Gasteiger partial charge in [-0.05, 0) is 49.1 Å². The lowest BCUT2D eigenvalue weighted by atomic mass is 9.96. The molecule has 0 aliphatic carbocycles. The second-order valence-electron chi connectivity index (χ2n) is 6.53. The summed E-state index contributed by atoms with van der Waals surface area (Å²) in [5, 5.41) is 3.44. The fourth-order valence-electron chi connectivity index (χ4n) is 3.20. The van der Waals surface area contributed by atoms with Gasteiger partial charge in [0.25, 0.3) is 11.8 Å². The number of hydrogen-bond donors (Lipinski definition) is 1. The Bertz CT molecular complexity index is 805. The summed E-state index contributed by atoms with van der Waals surface area (Å²) < 4.78 is 5.23. The molecule has 3 rings (SSSR count). The molecule has 1 aromatic heterocycles. The molecule has 2 heterocycles. The standard InChI is InChI=1S/C20H22ClN3O3/c1-27-18-5-4-16(21)11-17(18)19(25)23-12-14-6-9-24(10-7-14)20(26)15-3-2-8-22-13-15/h2-5,8,11,13-14H,6-7,9-10,12H2,1H3,(H,23,25). The molecule has 1 saturated heterocycles. The minimum absolute atomic E-state index is 0.00856. The smallest absolute Gasteiger partial charge is 0.255 e. The average molecular weight is 388 g/mol. The fourth-order valence-corrected chi connectivity index (χ4v) is 3.37.